The van der Waals surface area contributed by atoms with Gasteiger partial charge in [-0.2, -0.15) is 8.78 Å². The second-order valence-electron chi connectivity index (χ2n) is 5.04. The molecule has 0 aliphatic heterocycles. The second-order valence-corrected chi connectivity index (χ2v) is 5.04. The molecule has 24 heavy (non-hydrogen) atoms. The van der Waals surface area contributed by atoms with Crippen molar-refractivity contribution in [2.24, 2.45) is 0 Å². The molecule has 122 valence electrons. The molecule has 0 aromatic heterocycles. The molecule has 0 unspecified atom stereocenters. The zero-order chi connectivity index (χ0) is 17.3. The Morgan fingerprint density at radius 2 is 1.79 bits per heavy atom. The highest BCUT2D eigenvalue weighted by Crippen LogP contribution is 2.38. The van der Waals surface area contributed by atoms with Crippen LogP contribution in [0.3, 0.4) is 0 Å². The fourth-order valence-corrected chi connectivity index (χ4v) is 2.58. The Hall–Kier alpha value is -3.02. The number of carboxylic acids is 1. The third-order valence-corrected chi connectivity index (χ3v) is 3.59. The maximum Gasteiger partial charge on any atom is 0.387 e. The van der Waals surface area contributed by atoms with Crippen molar-refractivity contribution in [3.8, 4) is 16.9 Å². The lowest BCUT2D eigenvalue weighted by molar-refractivity contribution is -0.0495. The number of rotatable bonds is 4. The molecule has 0 aliphatic rings. The van der Waals surface area contributed by atoms with Crippen molar-refractivity contribution in [3.05, 3.63) is 66.0 Å². The summed E-state index contributed by atoms with van der Waals surface area (Å²) in [4.78, 5) is 11.2. The number of ether oxygens (including phenoxy) is 1. The van der Waals surface area contributed by atoms with Gasteiger partial charge in [-0.25, -0.2) is 9.18 Å². The summed E-state index contributed by atoms with van der Waals surface area (Å²) in [7, 11) is 0. The third-order valence-electron chi connectivity index (χ3n) is 3.59. The molecule has 3 aromatic carbocycles. The van der Waals surface area contributed by atoms with E-state index in [4.69, 9.17) is 5.11 Å². The lowest BCUT2D eigenvalue weighted by Crippen LogP contribution is -2.04. The van der Waals surface area contributed by atoms with E-state index in [0.717, 1.165) is 6.07 Å². The minimum Gasteiger partial charge on any atom is -0.478 e. The number of alkyl halides is 2. The van der Waals surface area contributed by atoms with Crippen molar-refractivity contribution in [3.63, 3.8) is 0 Å². The highest BCUT2D eigenvalue weighted by Gasteiger charge is 2.18. The van der Waals surface area contributed by atoms with E-state index >= 15 is 0 Å². The molecule has 3 aromatic rings. The smallest absolute Gasteiger partial charge is 0.387 e. The van der Waals surface area contributed by atoms with Gasteiger partial charge in [0, 0.05) is 0 Å². The van der Waals surface area contributed by atoms with Crippen LogP contribution in [0.15, 0.2) is 54.6 Å². The van der Waals surface area contributed by atoms with Crippen LogP contribution < -0.4 is 4.74 Å². The number of hydrogen-bond donors (Lipinski definition) is 1. The summed E-state index contributed by atoms with van der Waals surface area (Å²) >= 11 is 0. The van der Waals surface area contributed by atoms with Crippen molar-refractivity contribution < 1.29 is 27.8 Å². The molecule has 0 fully saturated rings. The fourth-order valence-electron chi connectivity index (χ4n) is 2.58. The first-order valence-corrected chi connectivity index (χ1v) is 6.97. The van der Waals surface area contributed by atoms with Gasteiger partial charge in [0.2, 0.25) is 0 Å². The Morgan fingerprint density at radius 1 is 1.04 bits per heavy atom. The topological polar surface area (TPSA) is 46.5 Å². The van der Waals surface area contributed by atoms with Crippen LogP contribution in [0, 0.1) is 5.82 Å². The third kappa shape index (κ3) is 2.90. The Balaban J connectivity index is 2.30. The predicted molar refractivity (Wildman–Crippen MR) is 82.9 cm³/mol. The number of hydrogen-bond acceptors (Lipinski definition) is 2. The van der Waals surface area contributed by atoms with Crippen LogP contribution in [0.1, 0.15) is 10.4 Å². The average molecular weight is 332 g/mol. The number of aromatic carboxylic acids is 1. The molecule has 0 bridgehead atoms. The van der Waals surface area contributed by atoms with Crippen molar-refractivity contribution >= 4 is 16.7 Å². The van der Waals surface area contributed by atoms with Crippen LogP contribution in [0.4, 0.5) is 13.2 Å². The molecule has 0 atom stereocenters. The predicted octanol–water partition coefficient (Wildman–Crippen LogP) is 4.95. The number of benzene rings is 3. The fraction of sp³-hybridized carbons (Fsp3) is 0.0556. The Kier molecular flexibility index (Phi) is 4.12. The molecule has 3 nitrogen and oxygen atoms in total. The summed E-state index contributed by atoms with van der Waals surface area (Å²) in [5.41, 5.74) is 0.165. The number of carboxylic acid groups (broad SMARTS) is 1. The van der Waals surface area contributed by atoms with Crippen LogP contribution in [-0.4, -0.2) is 17.7 Å². The molecule has 0 heterocycles. The van der Waals surface area contributed by atoms with E-state index in [2.05, 4.69) is 4.74 Å². The van der Waals surface area contributed by atoms with Gasteiger partial charge < -0.3 is 9.84 Å². The van der Waals surface area contributed by atoms with Gasteiger partial charge in [0.15, 0.2) is 0 Å². The summed E-state index contributed by atoms with van der Waals surface area (Å²) in [6.07, 6.45) is 0. The normalized spacial score (nSPS) is 11.0. The van der Waals surface area contributed by atoms with E-state index in [0.29, 0.717) is 10.8 Å². The molecule has 0 saturated carbocycles. The highest BCUT2D eigenvalue weighted by atomic mass is 19.3. The van der Waals surface area contributed by atoms with E-state index in [-0.39, 0.29) is 22.4 Å². The van der Waals surface area contributed by atoms with Gasteiger partial charge in [-0.05, 0) is 40.6 Å². The zero-order valence-corrected chi connectivity index (χ0v) is 12.2. The highest BCUT2D eigenvalue weighted by molar-refractivity contribution is 6.02. The van der Waals surface area contributed by atoms with E-state index < -0.39 is 18.4 Å². The van der Waals surface area contributed by atoms with Gasteiger partial charge in [-0.3, -0.25) is 0 Å². The molecule has 0 radical (unpaired) electrons. The summed E-state index contributed by atoms with van der Waals surface area (Å²) in [5.74, 6) is -2.18. The van der Waals surface area contributed by atoms with Gasteiger partial charge in [-0.15, -0.1) is 0 Å². The van der Waals surface area contributed by atoms with Crippen LogP contribution in [0.5, 0.6) is 5.75 Å². The number of carbonyl (C=O) groups is 1. The summed E-state index contributed by atoms with van der Waals surface area (Å²) < 4.78 is 44.0. The van der Waals surface area contributed by atoms with Crippen LogP contribution in [0.25, 0.3) is 21.9 Å². The Morgan fingerprint density at radius 3 is 2.50 bits per heavy atom. The standard InChI is InChI=1S/C18H11F3O3/c19-14-5-2-6-15(24-18(20)21)16(14)12-4-1-3-10-7-8-11(17(22)23)9-13(10)12/h1-9,18H,(H,22,23). The maximum absolute atomic E-state index is 14.3. The SMILES string of the molecule is O=C(O)c1ccc2cccc(-c3c(F)cccc3OC(F)F)c2c1. The van der Waals surface area contributed by atoms with Gasteiger partial charge >= 0.3 is 12.6 Å². The van der Waals surface area contributed by atoms with Crippen LogP contribution >= 0.6 is 0 Å². The average Bonchev–Trinajstić information content (AvgIpc) is 2.53. The number of fused-ring (bicyclic) bond motifs is 1. The summed E-state index contributed by atoms with van der Waals surface area (Å²) in [5, 5.41) is 10.2. The van der Waals surface area contributed by atoms with E-state index in [9.17, 15) is 18.0 Å². The lowest BCUT2D eigenvalue weighted by atomic mass is 9.95. The van der Waals surface area contributed by atoms with Gasteiger partial charge in [-0.1, -0.05) is 30.3 Å². The Bertz CT molecular complexity index is 923. The first kappa shape index (κ1) is 15.9. The molecule has 0 spiro atoms. The van der Waals surface area contributed by atoms with Crippen molar-refractivity contribution in [2.75, 3.05) is 0 Å². The summed E-state index contributed by atoms with van der Waals surface area (Å²) in [6.45, 7) is -3.10. The lowest BCUT2D eigenvalue weighted by Gasteiger charge is -2.14. The minimum atomic E-state index is -3.10. The molecule has 1 N–H and O–H groups in total. The first-order valence-electron chi connectivity index (χ1n) is 6.97. The van der Waals surface area contributed by atoms with Gasteiger partial charge in [0.25, 0.3) is 0 Å². The van der Waals surface area contributed by atoms with E-state index in [1.807, 2.05) is 0 Å². The molecule has 0 amide bonds. The molecular formula is C18H11F3O3. The monoisotopic (exact) mass is 332 g/mol. The van der Waals surface area contributed by atoms with Gasteiger partial charge in [0.1, 0.15) is 11.6 Å². The van der Waals surface area contributed by atoms with Crippen molar-refractivity contribution in [1.82, 2.24) is 0 Å². The maximum atomic E-state index is 14.3. The first-order chi connectivity index (χ1) is 11.5. The molecular weight excluding hydrogens is 321 g/mol. The number of halogens is 3. The largest absolute Gasteiger partial charge is 0.478 e. The van der Waals surface area contributed by atoms with Crippen molar-refractivity contribution in [2.45, 2.75) is 6.61 Å². The van der Waals surface area contributed by atoms with Crippen LogP contribution in [0.2, 0.25) is 0 Å². The van der Waals surface area contributed by atoms with Crippen molar-refractivity contribution in [1.29, 1.82) is 0 Å². The van der Waals surface area contributed by atoms with E-state index in [1.54, 1.807) is 18.2 Å². The quantitative estimate of drug-likeness (QED) is 0.736. The minimum absolute atomic E-state index is 0.0163. The van der Waals surface area contributed by atoms with E-state index in [1.165, 1.54) is 30.3 Å². The molecule has 6 heteroatoms. The Labute approximate surface area is 134 Å². The molecule has 3 rings (SSSR count). The second kappa shape index (κ2) is 6.23. The molecule has 0 aliphatic carbocycles. The van der Waals surface area contributed by atoms with Gasteiger partial charge in [0.05, 0.1) is 11.1 Å². The van der Waals surface area contributed by atoms with Crippen LogP contribution in [-0.2, 0) is 0 Å². The summed E-state index contributed by atoms with van der Waals surface area (Å²) in [6, 6.07) is 12.9. The molecule has 0 saturated heterocycles. The zero-order valence-electron chi connectivity index (χ0n) is 12.2.